The fourth-order valence-electron chi connectivity index (χ4n) is 1.27. The van der Waals surface area contributed by atoms with Gasteiger partial charge >= 0.3 is 0 Å². The molecule has 12 heavy (non-hydrogen) atoms. The SMILES string of the molecule is CCNCCCOC1CCOC1. The Morgan fingerprint density at radius 1 is 1.58 bits per heavy atom. The van der Waals surface area contributed by atoms with Gasteiger partial charge < -0.3 is 14.8 Å². The van der Waals surface area contributed by atoms with Gasteiger partial charge in [-0.15, -0.1) is 0 Å². The number of rotatable bonds is 6. The van der Waals surface area contributed by atoms with Crippen molar-refractivity contribution in [2.24, 2.45) is 0 Å². The van der Waals surface area contributed by atoms with Crippen molar-refractivity contribution < 1.29 is 9.47 Å². The van der Waals surface area contributed by atoms with E-state index >= 15 is 0 Å². The zero-order chi connectivity index (χ0) is 8.65. The molecule has 1 heterocycles. The largest absolute Gasteiger partial charge is 0.379 e. The summed E-state index contributed by atoms with van der Waals surface area (Å²) in [7, 11) is 0. The normalized spacial score (nSPS) is 23.2. The van der Waals surface area contributed by atoms with Crippen molar-refractivity contribution in [1.82, 2.24) is 5.32 Å². The van der Waals surface area contributed by atoms with Gasteiger partial charge in [0.2, 0.25) is 0 Å². The molecule has 0 saturated carbocycles. The number of ether oxygens (including phenoxy) is 2. The van der Waals surface area contributed by atoms with Gasteiger partial charge in [0.15, 0.2) is 0 Å². The second-order valence-corrected chi connectivity index (χ2v) is 3.06. The number of hydrogen-bond acceptors (Lipinski definition) is 3. The average molecular weight is 173 g/mol. The third kappa shape index (κ3) is 4.04. The molecule has 0 bridgehead atoms. The summed E-state index contributed by atoms with van der Waals surface area (Å²) in [5, 5.41) is 3.26. The minimum atomic E-state index is 0.367. The average Bonchev–Trinajstić information content (AvgIpc) is 2.57. The molecule has 1 aliphatic heterocycles. The predicted molar refractivity (Wildman–Crippen MR) is 48.3 cm³/mol. The van der Waals surface area contributed by atoms with Crippen LogP contribution in [0.15, 0.2) is 0 Å². The smallest absolute Gasteiger partial charge is 0.0830 e. The quantitative estimate of drug-likeness (QED) is 0.602. The summed E-state index contributed by atoms with van der Waals surface area (Å²) in [6.07, 6.45) is 2.54. The summed E-state index contributed by atoms with van der Waals surface area (Å²) in [6, 6.07) is 0. The van der Waals surface area contributed by atoms with Crippen molar-refractivity contribution in [3.05, 3.63) is 0 Å². The van der Waals surface area contributed by atoms with Crippen LogP contribution in [-0.4, -0.2) is 39.0 Å². The highest BCUT2D eigenvalue weighted by Gasteiger charge is 2.14. The molecule has 72 valence electrons. The van der Waals surface area contributed by atoms with E-state index in [2.05, 4.69) is 12.2 Å². The lowest BCUT2D eigenvalue weighted by Crippen LogP contribution is -2.18. The van der Waals surface area contributed by atoms with Crippen molar-refractivity contribution in [3.8, 4) is 0 Å². The summed E-state index contributed by atoms with van der Waals surface area (Å²) in [5.41, 5.74) is 0. The molecular formula is C9H19NO2. The molecule has 0 amide bonds. The van der Waals surface area contributed by atoms with E-state index in [-0.39, 0.29) is 0 Å². The van der Waals surface area contributed by atoms with Crippen LogP contribution in [0.3, 0.4) is 0 Å². The lowest BCUT2D eigenvalue weighted by atomic mass is 10.3. The Kier molecular flexibility index (Phi) is 5.32. The van der Waals surface area contributed by atoms with Crippen LogP contribution in [0.1, 0.15) is 19.8 Å². The van der Waals surface area contributed by atoms with Gasteiger partial charge in [-0.25, -0.2) is 0 Å². The topological polar surface area (TPSA) is 30.5 Å². The predicted octanol–water partition coefficient (Wildman–Crippen LogP) is 0.791. The summed E-state index contributed by atoms with van der Waals surface area (Å²) in [4.78, 5) is 0. The monoisotopic (exact) mass is 173 g/mol. The standard InChI is InChI=1S/C9H19NO2/c1-2-10-5-3-6-12-9-4-7-11-8-9/h9-10H,2-8H2,1H3. The number of nitrogens with one attached hydrogen (secondary N) is 1. The Morgan fingerprint density at radius 3 is 3.17 bits per heavy atom. The zero-order valence-electron chi connectivity index (χ0n) is 7.84. The van der Waals surface area contributed by atoms with E-state index in [1.165, 1.54) is 0 Å². The van der Waals surface area contributed by atoms with Crippen LogP contribution >= 0.6 is 0 Å². The molecule has 1 atom stereocenters. The zero-order valence-corrected chi connectivity index (χ0v) is 7.84. The minimum absolute atomic E-state index is 0.367. The van der Waals surface area contributed by atoms with E-state index in [1.807, 2.05) is 0 Å². The van der Waals surface area contributed by atoms with E-state index in [0.29, 0.717) is 6.10 Å². The molecular weight excluding hydrogens is 154 g/mol. The molecule has 3 nitrogen and oxygen atoms in total. The van der Waals surface area contributed by atoms with E-state index < -0.39 is 0 Å². The van der Waals surface area contributed by atoms with E-state index in [4.69, 9.17) is 9.47 Å². The second-order valence-electron chi connectivity index (χ2n) is 3.06. The Labute approximate surface area is 74.4 Å². The Bertz CT molecular complexity index is 103. The van der Waals surface area contributed by atoms with Crippen LogP contribution in [0.25, 0.3) is 0 Å². The van der Waals surface area contributed by atoms with Crippen LogP contribution < -0.4 is 5.32 Å². The first-order valence-electron chi connectivity index (χ1n) is 4.83. The van der Waals surface area contributed by atoms with Crippen molar-refractivity contribution in [3.63, 3.8) is 0 Å². The third-order valence-electron chi connectivity index (χ3n) is 1.99. The van der Waals surface area contributed by atoms with E-state index in [0.717, 1.165) is 45.8 Å². The molecule has 0 aromatic rings. The molecule has 0 spiro atoms. The van der Waals surface area contributed by atoms with Crippen LogP contribution in [0.5, 0.6) is 0 Å². The van der Waals surface area contributed by atoms with Crippen molar-refractivity contribution in [2.75, 3.05) is 32.9 Å². The minimum Gasteiger partial charge on any atom is -0.379 e. The van der Waals surface area contributed by atoms with Gasteiger partial charge in [0.05, 0.1) is 12.7 Å². The molecule has 0 aliphatic carbocycles. The van der Waals surface area contributed by atoms with Gasteiger partial charge in [-0.05, 0) is 25.9 Å². The van der Waals surface area contributed by atoms with Crippen LogP contribution in [0.2, 0.25) is 0 Å². The van der Waals surface area contributed by atoms with Gasteiger partial charge in [0.1, 0.15) is 0 Å². The molecule has 1 aliphatic rings. The summed E-state index contributed by atoms with van der Waals surface area (Å²) < 4.78 is 10.8. The molecule has 1 unspecified atom stereocenters. The fraction of sp³-hybridized carbons (Fsp3) is 1.00. The molecule has 1 rings (SSSR count). The van der Waals surface area contributed by atoms with Crippen molar-refractivity contribution in [2.45, 2.75) is 25.9 Å². The Balaban J connectivity index is 1.81. The highest BCUT2D eigenvalue weighted by Crippen LogP contribution is 2.07. The maximum Gasteiger partial charge on any atom is 0.0830 e. The lowest BCUT2D eigenvalue weighted by Gasteiger charge is -2.09. The summed E-state index contributed by atoms with van der Waals surface area (Å²) in [5.74, 6) is 0. The lowest BCUT2D eigenvalue weighted by molar-refractivity contribution is 0.0416. The molecule has 0 radical (unpaired) electrons. The van der Waals surface area contributed by atoms with Gasteiger partial charge in [0.25, 0.3) is 0 Å². The van der Waals surface area contributed by atoms with E-state index in [9.17, 15) is 0 Å². The first kappa shape index (κ1) is 9.96. The number of hydrogen-bond donors (Lipinski definition) is 1. The van der Waals surface area contributed by atoms with Crippen LogP contribution in [0, 0.1) is 0 Å². The molecule has 1 N–H and O–H groups in total. The van der Waals surface area contributed by atoms with Gasteiger partial charge in [-0.3, -0.25) is 0 Å². The van der Waals surface area contributed by atoms with Crippen molar-refractivity contribution >= 4 is 0 Å². The maximum atomic E-state index is 5.58. The first-order valence-corrected chi connectivity index (χ1v) is 4.83. The van der Waals surface area contributed by atoms with Gasteiger partial charge in [0, 0.05) is 13.2 Å². The molecule has 0 aromatic heterocycles. The fourth-order valence-corrected chi connectivity index (χ4v) is 1.27. The highest BCUT2D eigenvalue weighted by atomic mass is 16.5. The molecule has 1 saturated heterocycles. The van der Waals surface area contributed by atoms with Gasteiger partial charge in [-0.1, -0.05) is 6.92 Å². The Hall–Kier alpha value is -0.120. The molecule has 0 aromatic carbocycles. The van der Waals surface area contributed by atoms with Gasteiger partial charge in [-0.2, -0.15) is 0 Å². The summed E-state index contributed by atoms with van der Waals surface area (Å²) >= 11 is 0. The third-order valence-corrected chi connectivity index (χ3v) is 1.99. The molecule has 1 fully saturated rings. The highest BCUT2D eigenvalue weighted by molar-refractivity contribution is 4.62. The second kappa shape index (κ2) is 6.40. The van der Waals surface area contributed by atoms with Crippen LogP contribution in [0.4, 0.5) is 0 Å². The Morgan fingerprint density at radius 2 is 2.50 bits per heavy atom. The van der Waals surface area contributed by atoms with Crippen molar-refractivity contribution in [1.29, 1.82) is 0 Å². The van der Waals surface area contributed by atoms with E-state index in [1.54, 1.807) is 0 Å². The maximum absolute atomic E-state index is 5.58. The van der Waals surface area contributed by atoms with Crippen LogP contribution in [-0.2, 0) is 9.47 Å². The summed E-state index contributed by atoms with van der Waals surface area (Å²) in [6.45, 7) is 6.75. The first-order chi connectivity index (χ1) is 5.93. The molecule has 3 heteroatoms.